The zero-order valence-electron chi connectivity index (χ0n) is 19.5. The predicted octanol–water partition coefficient (Wildman–Crippen LogP) is 5.12. The molecular formula is C27H24N2O5S2. The first-order valence-electron chi connectivity index (χ1n) is 11.0. The Morgan fingerprint density at radius 3 is 2.36 bits per heavy atom. The van der Waals surface area contributed by atoms with Crippen LogP contribution >= 0.6 is 11.8 Å². The highest BCUT2D eigenvalue weighted by molar-refractivity contribution is 8.19. The van der Waals surface area contributed by atoms with Crippen molar-refractivity contribution in [2.45, 2.75) is 11.5 Å². The van der Waals surface area contributed by atoms with E-state index in [1.54, 1.807) is 49.6 Å². The highest BCUT2D eigenvalue weighted by Crippen LogP contribution is 2.35. The lowest BCUT2D eigenvalue weighted by atomic mass is 10.1. The molecular weight excluding hydrogens is 496 g/mol. The summed E-state index contributed by atoms with van der Waals surface area (Å²) in [4.78, 5) is 14.8. The number of rotatable bonds is 9. The van der Waals surface area contributed by atoms with Gasteiger partial charge in [0.05, 0.1) is 16.9 Å². The first kappa shape index (κ1) is 25.3. The Morgan fingerprint density at radius 2 is 1.69 bits per heavy atom. The summed E-state index contributed by atoms with van der Waals surface area (Å²) in [5.74, 6) is 0.724. The van der Waals surface area contributed by atoms with Crippen LogP contribution in [0.1, 0.15) is 11.1 Å². The van der Waals surface area contributed by atoms with Crippen LogP contribution in [0.4, 0.5) is 0 Å². The van der Waals surface area contributed by atoms with Gasteiger partial charge in [0.15, 0.2) is 16.7 Å². The van der Waals surface area contributed by atoms with E-state index >= 15 is 0 Å². The van der Waals surface area contributed by atoms with Gasteiger partial charge in [-0.2, -0.15) is 8.42 Å². The van der Waals surface area contributed by atoms with Crippen molar-refractivity contribution in [3.63, 3.8) is 0 Å². The van der Waals surface area contributed by atoms with Gasteiger partial charge in [-0.25, -0.2) is 0 Å². The lowest BCUT2D eigenvalue weighted by molar-refractivity contribution is -0.121. The van der Waals surface area contributed by atoms with E-state index in [2.05, 4.69) is 11.0 Å². The van der Waals surface area contributed by atoms with Crippen molar-refractivity contribution in [3.8, 4) is 11.5 Å². The van der Waals surface area contributed by atoms with Gasteiger partial charge in [0.25, 0.3) is 15.9 Å². The Bertz CT molecular complexity index is 1420. The molecule has 0 atom stereocenters. The molecule has 1 aliphatic heterocycles. The van der Waals surface area contributed by atoms with E-state index in [1.807, 2.05) is 30.3 Å². The molecule has 0 radical (unpaired) electrons. The van der Waals surface area contributed by atoms with Crippen molar-refractivity contribution < 1.29 is 22.7 Å². The minimum absolute atomic E-state index is 0.0527. The van der Waals surface area contributed by atoms with Gasteiger partial charge >= 0.3 is 0 Å². The Kier molecular flexibility index (Phi) is 7.92. The zero-order valence-corrected chi connectivity index (χ0v) is 21.2. The first-order valence-corrected chi connectivity index (χ1v) is 13.2. The van der Waals surface area contributed by atoms with Crippen LogP contribution in [-0.4, -0.2) is 38.0 Å². The third-order valence-electron chi connectivity index (χ3n) is 5.16. The number of hydrogen-bond acceptors (Lipinski definition) is 6. The summed E-state index contributed by atoms with van der Waals surface area (Å²) in [5.41, 5.74) is 1.70. The number of carbonyl (C=O) groups is 1. The quantitative estimate of drug-likeness (QED) is 0.288. The average Bonchev–Trinajstić information content (AvgIpc) is 3.17. The van der Waals surface area contributed by atoms with Crippen LogP contribution in [0.5, 0.6) is 11.5 Å². The molecule has 1 aliphatic rings. The van der Waals surface area contributed by atoms with Crippen molar-refractivity contribution in [1.82, 2.24) is 4.90 Å². The second-order valence-electron chi connectivity index (χ2n) is 7.66. The summed E-state index contributed by atoms with van der Waals surface area (Å²) in [6, 6.07) is 22.9. The molecule has 0 unspecified atom stereocenters. The maximum Gasteiger partial charge on any atom is 0.284 e. The van der Waals surface area contributed by atoms with Gasteiger partial charge in [0.2, 0.25) is 0 Å². The standard InChI is InChI=1S/C27H24N2O5S2/c1-3-16-29-26(30)25(35-27(29)28-36(31,32)22-12-8-5-9-13-22)18-21-14-15-23(33-2)24(17-21)34-19-20-10-6-4-7-11-20/h3-15,17-18H,1,16,19H2,2H3. The fraction of sp³-hybridized carbons (Fsp3) is 0.111. The average molecular weight is 521 g/mol. The molecule has 0 saturated carbocycles. The molecule has 0 aliphatic carbocycles. The molecule has 0 aromatic heterocycles. The highest BCUT2D eigenvalue weighted by Gasteiger charge is 2.34. The summed E-state index contributed by atoms with van der Waals surface area (Å²) < 4.78 is 40.9. The van der Waals surface area contributed by atoms with Crippen molar-refractivity contribution in [2.75, 3.05) is 13.7 Å². The van der Waals surface area contributed by atoms with Gasteiger partial charge in [-0.3, -0.25) is 9.69 Å². The van der Waals surface area contributed by atoms with Gasteiger partial charge in [0, 0.05) is 6.54 Å². The first-order chi connectivity index (χ1) is 17.4. The van der Waals surface area contributed by atoms with Crippen LogP contribution in [0, 0.1) is 0 Å². The Balaban J connectivity index is 1.63. The van der Waals surface area contributed by atoms with Gasteiger partial charge in [-0.15, -0.1) is 11.0 Å². The number of methoxy groups -OCH3 is 1. The van der Waals surface area contributed by atoms with Crippen LogP contribution in [-0.2, 0) is 21.4 Å². The molecule has 7 nitrogen and oxygen atoms in total. The van der Waals surface area contributed by atoms with Crippen molar-refractivity contribution in [1.29, 1.82) is 0 Å². The second kappa shape index (κ2) is 11.3. The third-order valence-corrected chi connectivity index (χ3v) is 7.57. The number of amidine groups is 1. The Morgan fingerprint density at radius 1 is 1.00 bits per heavy atom. The number of hydrogen-bond donors (Lipinski definition) is 0. The molecule has 3 aromatic carbocycles. The number of nitrogens with zero attached hydrogens (tertiary/aromatic N) is 2. The van der Waals surface area contributed by atoms with Crippen molar-refractivity contribution in [2.24, 2.45) is 4.40 Å². The molecule has 0 spiro atoms. The van der Waals surface area contributed by atoms with Crippen LogP contribution in [0.25, 0.3) is 6.08 Å². The third kappa shape index (κ3) is 5.87. The molecule has 3 aromatic rings. The number of benzene rings is 3. The van der Waals surface area contributed by atoms with Gasteiger partial charge in [-0.05, 0) is 53.2 Å². The Labute approximate surface area is 214 Å². The predicted molar refractivity (Wildman–Crippen MR) is 142 cm³/mol. The van der Waals surface area contributed by atoms with Crippen LogP contribution in [0.3, 0.4) is 0 Å². The van der Waals surface area contributed by atoms with E-state index < -0.39 is 10.0 Å². The molecule has 0 N–H and O–H groups in total. The van der Waals surface area contributed by atoms with E-state index in [-0.39, 0.29) is 22.5 Å². The summed E-state index contributed by atoms with van der Waals surface area (Å²) in [6.07, 6.45) is 3.20. The van der Waals surface area contributed by atoms with Crippen LogP contribution < -0.4 is 9.47 Å². The van der Waals surface area contributed by atoms with Gasteiger partial charge in [0.1, 0.15) is 6.61 Å². The van der Waals surface area contributed by atoms with E-state index in [0.717, 1.165) is 17.3 Å². The molecule has 1 saturated heterocycles. The smallest absolute Gasteiger partial charge is 0.284 e. The molecule has 1 fully saturated rings. The fourth-order valence-electron chi connectivity index (χ4n) is 3.40. The maximum absolute atomic E-state index is 13.1. The molecule has 0 bridgehead atoms. The van der Waals surface area contributed by atoms with Crippen molar-refractivity contribution in [3.05, 3.63) is 108 Å². The summed E-state index contributed by atoms with van der Waals surface area (Å²) in [7, 11) is -2.43. The van der Waals surface area contributed by atoms with Gasteiger partial charge < -0.3 is 9.47 Å². The number of thioether (sulfide) groups is 1. The highest BCUT2D eigenvalue weighted by atomic mass is 32.2. The van der Waals surface area contributed by atoms with E-state index in [1.165, 1.54) is 23.1 Å². The molecule has 4 rings (SSSR count). The molecule has 184 valence electrons. The molecule has 9 heteroatoms. The molecule has 1 heterocycles. The summed E-state index contributed by atoms with van der Waals surface area (Å²) >= 11 is 0.998. The fourth-order valence-corrected chi connectivity index (χ4v) is 5.61. The topological polar surface area (TPSA) is 85.3 Å². The maximum atomic E-state index is 13.1. The van der Waals surface area contributed by atoms with E-state index in [0.29, 0.717) is 28.6 Å². The van der Waals surface area contributed by atoms with E-state index in [9.17, 15) is 13.2 Å². The number of amides is 1. The Hall–Kier alpha value is -3.82. The van der Waals surface area contributed by atoms with E-state index in [4.69, 9.17) is 9.47 Å². The largest absolute Gasteiger partial charge is 0.493 e. The summed E-state index contributed by atoms with van der Waals surface area (Å²) in [5, 5.41) is 0.0732. The zero-order chi connectivity index (χ0) is 25.5. The number of carbonyl (C=O) groups excluding carboxylic acids is 1. The van der Waals surface area contributed by atoms with Crippen molar-refractivity contribution >= 4 is 38.9 Å². The van der Waals surface area contributed by atoms with Gasteiger partial charge in [-0.1, -0.05) is 60.7 Å². The molecule has 1 amide bonds. The number of ether oxygens (including phenoxy) is 2. The summed E-state index contributed by atoms with van der Waals surface area (Å²) in [6.45, 7) is 4.15. The van der Waals surface area contributed by atoms with Crippen LogP contribution in [0.2, 0.25) is 0 Å². The lowest BCUT2D eigenvalue weighted by Gasteiger charge is -2.12. The minimum Gasteiger partial charge on any atom is -0.493 e. The number of sulfonamides is 1. The monoisotopic (exact) mass is 520 g/mol. The minimum atomic E-state index is -3.99. The second-order valence-corrected chi connectivity index (χ2v) is 10.3. The molecule has 36 heavy (non-hydrogen) atoms. The normalized spacial score (nSPS) is 15.9. The van der Waals surface area contributed by atoms with Crippen LogP contribution in [0.15, 0.2) is 106 Å². The lowest BCUT2D eigenvalue weighted by Crippen LogP contribution is -2.29. The SMILES string of the molecule is C=CCN1C(=O)C(=Cc2ccc(OC)c(OCc3ccccc3)c2)SC1=NS(=O)(=O)c1ccccc1.